The molecule has 0 radical (unpaired) electrons. The number of hydrogen-bond donors (Lipinski definition) is 1. The van der Waals surface area contributed by atoms with Gasteiger partial charge in [-0.2, -0.15) is 0 Å². The van der Waals surface area contributed by atoms with E-state index in [2.05, 4.69) is 22.2 Å². The Labute approximate surface area is 129 Å². The number of hydrogen-bond acceptors (Lipinski definition) is 4. The van der Waals surface area contributed by atoms with E-state index in [1.54, 1.807) is 18.6 Å². The van der Waals surface area contributed by atoms with Crippen molar-refractivity contribution in [3.05, 3.63) is 54.1 Å². The summed E-state index contributed by atoms with van der Waals surface area (Å²) in [6, 6.07) is 7.70. The second kappa shape index (κ2) is 7.78. The second-order valence-corrected chi connectivity index (χ2v) is 5.75. The van der Waals surface area contributed by atoms with E-state index in [4.69, 9.17) is 0 Å². The molecule has 0 fully saturated rings. The molecule has 0 aliphatic carbocycles. The van der Waals surface area contributed by atoms with Gasteiger partial charge in [-0.15, -0.1) is 11.8 Å². The lowest BCUT2D eigenvalue weighted by Gasteiger charge is -2.18. The van der Waals surface area contributed by atoms with Gasteiger partial charge >= 0.3 is 0 Å². The molecule has 0 aliphatic heterocycles. The molecule has 0 aromatic carbocycles. The van der Waals surface area contributed by atoms with Crippen molar-refractivity contribution in [2.24, 2.45) is 0 Å². The summed E-state index contributed by atoms with van der Waals surface area (Å²) in [4.78, 5) is 21.5. The van der Waals surface area contributed by atoms with Crippen molar-refractivity contribution in [2.75, 3.05) is 5.75 Å². The molecule has 5 heteroatoms. The first kappa shape index (κ1) is 15.5. The summed E-state index contributed by atoms with van der Waals surface area (Å²) in [5, 5.41) is 3.06. The predicted octanol–water partition coefficient (Wildman–Crippen LogP) is 3.14. The molecule has 0 spiro atoms. The third kappa shape index (κ3) is 4.56. The van der Waals surface area contributed by atoms with Gasteiger partial charge in [-0.25, -0.2) is 0 Å². The number of aromatic nitrogens is 2. The van der Waals surface area contributed by atoms with E-state index < -0.39 is 0 Å². The quantitative estimate of drug-likeness (QED) is 0.833. The van der Waals surface area contributed by atoms with Gasteiger partial charge < -0.3 is 5.32 Å². The molecule has 21 heavy (non-hydrogen) atoms. The molecule has 1 amide bonds. The van der Waals surface area contributed by atoms with E-state index >= 15 is 0 Å². The van der Waals surface area contributed by atoms with Crippen LogP contribution in [0.15, 0.2) is 47.8 Å². The van der Waals surface area contributed by atoms with Crippen molar-refractivity contribution in [3.63, 3.8) is 0 Å². The zero-order valence-corrected chi connectivity index (χ0v) is 13.1. The highest BCUT2D eigenvalue weighted by Gasteiger charge is 2.15. The molecule has 4 nitrogen and oxygen atoms in total. The predicted molar refractivity (Wildman–Crippen MR) is 85.1 cm³/mol. The number of rotatable bonds is 6. The number of nitrogens with one attached hydrogen (secondary N) is 1. The van der Waals surface area contributed by atoms with Gasteiger partial charge in [0.25, 0.3) is 0 Å². The molecule has 1 N–H and O–H groups in total. The Morgan fingerprint density at radius 1 is 1.29 bits per heavy atom. The Kier molecular flexibility index (Phi) is 5.75. The van der Waals surface area contributed by atoms with Gasteiger partial charge in [-0.1, -0.05) is 13.0 Å². The highest BCUT2D eigenvalue weighted by Crippen LogP contribution is 2.19. The number of carbonyl (C=O) groups is 1. The Hall–Kier alpha value is -1.88. The average Bonchev–Trinajstić information content (AvgIpc) is 2.52. The number of aryl methyl sites for hydroxylation is 1. The van der Waals surface area contributed by atoms with Crippen LogP contribution in [0, 0.1) is 6.92 Å². The molecular weight excluding hydrogens is 282 g/mol. The summed E-state index contributed by atoms with van der Waals surface area (Å²) in [6.07, 6.45) is 6.05. The maximum absolute atomic E-state index is 12.1. The lowest BCUT2D eigenvalue weighted by atomic mass is 10.1. The summed E-state index contributed by atoms with van der Waals surface area (Å²) in [5.74, 6) is 0.417. The minimum Gasteiger partial charge on any atom is -0.347 e. The van der Waals surface area contributed by atoms with Gasteiger partial charge in [0.05, 0.1) is 17.5 Å². The maximum atomic E-state index is 12.1. The number of thioether (sulfide) groups is 1. The van der Waals surface area contributed by atoms with Crippen LogP contribution in [0.25, 0.3) is 0 Å². The first-order valence-corrected chi connectivity index (χ1v) is 7.93. The summed E-state index contributed by atoms with van der Waals surface area (Å²) in [5.41, 5.74) is 2.05. The molecule has 2 rings (SSSR count). The Balaban J connectivity index is 1.93. The fourth-order valence-electron chi connectivity index (χ4n) is 2.05. The first-order valence-electron chi connectivity index (χ1n) is 6.94. The summed E-state index contributed by atoms with van der Waals surface area (Å²) >= 11 is 1.51. The Morgan fingerprint density at radius 3 is 2.71 bits per heavy atom. The largest absolute Gasteiger partial charge is 0.347 e. The van der Waals surface area contributed by atoms with Crippen LogP contribution in [0.5, 0.6) is 0 Å². The van der Waals surface area contributed by atoms with Crippen LogP contribution in [-0.4, -0.2) is 21.6 Å². The maximum Gasteiger partial charge on any atom is 0.230 e. The lowest BCUT2D eigenvalue weighted by molar-refractivity contribution is -0.119. The molecule has 0 aliphatic rings. The Bertz CT molecular complexity index is 589. The monoisotopic (exact) mass is 301 g/mol. The fourth-order valence-corrected chi connectivity index (χ4v) is 2.74. The van der Waals surface area contributed by atoms with E-state index in [1.165, 1.54) is 11.8 Å². The second-order valence-electron chi connectivity index (χ2n) is 4.71. The molecule has 2 aromatic heterocycles. The normalized spacial score (nSPS) is 11.9. The zero-order valence-electron chi connectivity index (χ0n) is 12.2. The van der Waals surface area contributed by atoms with Crippen molar-refractivity contribution < 1.29 is 4.79 Å². The van der Waals surface area contributed by atoms with Gasteiger partial charge in [0, 0.05) is 23.5 Å². The van der Waals surface area contributed by atoms with Gasteiger partial charge in [-0.05, 0) is 37.1 Å². The van der Waals surface area contributed by atoms with Gasteiger partial charge in [-0.3, -0.25) is 14.8 Å². The standard InChI is InChI=1S/C16H19N3OS/c1-3-14(16-12(2)5-4-8-18-16)19-15(20)11-21-13-6-9-17-10-7-13/h4-10,14H,3,11H2,1-2H3,(H,19,20)/t14-/m0/s1. The van der Waals surface area contributed by atoms with Gasteiger partial charge in [0.1, 0.15) is 0 Å². The molecular formula is C16H19N3OS. The van der Waals surface area contributed by atoms with Gasteiger partial charge in [0.2, 0.25) is 5.91 Å². The highest BCUT2D eigenvalue weighted by molar-refractivity contribution is 8.00. The van der Waals surface area contributed by atoms with Crippen LogP contribution in [-0.2, 0) is 4.79 Å². The smallest absolute Gasteiger partial charge is 0.230 e. The number of pyridine rings is 2. The minimum atomic E-state index is -0.0308. The van der Waals surface area contributed by atoms with E-state index in [9.17, 15) is 4.79 Å². The van der Waals surface area contributed by atoms with Crippen molar-refractivity contribution in [1.29, 1.82) is 0 Å². The van der Waals surface area contributed by atoms with E-state index in [-0.39, 0.29) is 11.9 Å². The molecule has 2 heterocycles. The summed E-state index contributed by atoms with van der Waals surface area (Å²) in [7, 11) is 0. The van der Waals surface area contributed by atoms with Gasteiger partial charge in [0.15, 0.2) is 0 Å². The molecule has 110 valence electrons. The molecule has 1 atom stereocenters. The molecule has 0 saturated carbocycles. The summed E-state index contributed by atoms with van der Waals surface area (Å²) in [6.45, 7) is 4.07. The van der Waals surface area contributed by atoms with Crippen LogP contribution in [0.2, 0.25) is 0 Å². The molecule has 0 saturated heterocycles. The Morgan fingerprint density at radius 2 is 2.05 bits per heavy atom. The van der Waals surface area contributed by atoms with Crippen LogP contribution < -0.4 is 5.32 Å². The van der Waals surface area contributed by atoms with Crippen molar-refractivity contribution >= 4 is 17.7 Å². The van der Waals surface area contributed by atoms with Crippen LogP contribution in [0.3, 0.4) is 0 Å². The van der Waals surface area contributed by atoms with Crippen LogP contribution in [0.4, 0.5) is 0 Å². The average molecular weight is 301 g/mol. The summed E-state index contributed by atoms with van der Waals surface area (Å²) < 4.78 is 0. The van der Waals surface area contributed by atoms with E-state index in [0.717, 1.165) is 22.6 Å². The first-order chi connectivity index (χ1) is 10.2. The lowest BCUT2D eigenvalue weighted by Crippen LogP contribution is -2.30. The van der Waals surface area contributed by atoms with Crippen molar-refractivity contribution in [1.82, 2.24) is 15.3 Å². The minimum absolute atomic E-state index is 0.0220. The SMILES string of the molecule is CC[C@H](NC(=O)CSc1ccncc1)c1ncccc1C. The molecule has 0 unspecified atom stereocenters. The van der Waals surface area contributed by atoms with Crippen LogP contribution in [0.1, 0.15) is 30.6 Å². The van der Waals surface area contributed by atoms with E-state index in [0.29, 0.717) is 5.75 Å². The number of nitrogens with zero attached hydrogens (tertiary/aromatic N) is 2. The van der Waals surface area contributed by atoms with Crippen molar-refractivity contribution in [3.8, 4) is 0 Å². The highest BCUT2D eigenvalue weighted by atomic mass is 32.2. The number of carbonyl (C=O) groups excluding carboxylic acids is 1. The molecule has 0 bridgehead atoms. The fraction of sp³-hybridized carbons (Fsp3) is 0.312. The zero-order chi connectivity index (χ0) is 15.1. The third-order valence-corrected chi connectivity index (χ3v) is 4.16. The van der Waals surface area contributed by atoms with Crippen LogP contribution >= 0.6 is 11.8 Å². The van der Waals surface area contributed by atoms with Crippen molar-refractivity contribution in [2.45, 2.75) is 31.2 Å². The topological polar surface area (TPSA) is 54.9 Å². The van der Waals surface area contributed by atoms with E-state index in [1.807, 2.05) is 31.2 Å². The molecule has 2 aromatic rings. The third-order valence-electron chi connectivity index (χ3n) is 3.14. The number of amides is 1.